The molecule has 0 fully saturated rings. The largest absolute Gasteiger partial charge is 0.379 e. The zero-order chi connectivity index (χ0) is 22.2. The van der Waals surface area contributed by atoms with Gasteiger partial charge in [0.25, 0.3) is 11.5 Å². The minimum atomic E-state index is -0.308. The lowest BCUT2D eigenvalue weighted by molar-refractivity contribution is 0.0757. The second-order valence-electron chi connectivity index (χ2n) is 7.94. The quantitative estimate of drug-likeness (QED) is 0.403. The molecule has 0 aliphatic heterocycles. The molecule has 32 heavy (non-hydrogen) atoms. The smallest absolute Gasteiger partial charge is 0.258 e. The first kappa shape index (κ1) is 20.1. The van der Waals surface area contributed by atoms with Gasteiger partial charge in [-0.1, -0.05) is 24.3 Å². The fourth-order valence-corrected chi connectivity index (χ4v) is 3.93. The van der Waals surface area contributed by atoms with Crippen LogP contribution in [0.5, 0.6) is 0 Å². The topological polar surface area (TPSA) is 101 Å². The number of H-pyrrole nitrogens is 1. The Morgan fingerprint density at radius 2 is 1.81 bits per heavy atom. The second-order valence-corrected chi connectivity index (χ2v) is 7.94. The van der Waals surface area contributed by atoms with E-state index in [2.05, 4.69) is 10.3 Å². The van der Waals surface area contributed by atoms with E-state index in [1.54, 1.807) is 6.07 Å². The first-order valence-corrected chi connectivity index (χ1v) is 10.7. The zero-order valence-electron chi connectivity index (χ0n) is 17.9. The summed E-state index contributed by atoms with van der Waals surface area (Å²) < 4.78 is 7.35. The molecule has 0 aliphatic rings. The van der Waals surface area contributed by atoms with Crippen LogP contribution >= 0.6 is 0 Å². The van der Waals surface area contributed by atoms with Crippen molar-refractivity contribution in [3.05, 3.63) is 64.4 Å². The lowest BCUT2D eigenvalue weighted by atomic mass is 10.2. The molecule has 1 amide bonds. The van der Waals surface area contributed by atoms with E-state index in [1.807, 2.05) is 60.7 Å². The highest BCUT2D eigenvalue weighted by molar-refractivity contribution is 6.13. The van der Waals surface area contributed by atoms with Crippen LogP contribution in [0.1, 0.15) is 30.6 Å². The molecule has 2 aromatic carbocycles. The molecule has 0 aliphatic carbocycles. The highest BCUT2D eigenvalue weighted by Crippen LogP contribution is 2.27. The van der Waals surface area contributed by atoms with Crippen molar-refractivity contribution in [3.63, 3.8) is 0 Å². The Morgan fingerprint density at radius 1 is 1.09 bits per heavy atom. The van der Waals surface area contributed by atoms with Crippen molar-refractivity contribution in [1.82, 2.24) is 24.7 Å². The fourth-order valence-electron chi connectivity index (χ4n) is 3.93. The maximum Gasteiger partial charge on any atom is 0.258 e. The molecule has 0 saturated carbocycles. The van der Waals surface area contributed by atoms with E-state index in [9.17, 15) is 9.59 Å². The monoisotopic (exact) mass is 429 g/mol. The van der Waals surface area contributed by atoms with Gasteiger partial charge in [-0.3, -0.25) is 14.0 Å². The van der Waals surface area contributed by atoms with Crippen LogP contribution < -0.4 is 10.9 Å². The molecule has 5 aromatic rings. The number of nitrogens with one attached hydrogen (secondary N) is 2. The van der Waals surface area contributed by atoms with E-state index in [0.717, 1.165) is 0 Å². The Balaban J connectivity index is 1.70. The van der Waals surface area contributed by atoms with Crippen molar-refractivity contribution < 1.29 is 9.53 Å². The van der Waals surface area contributed by atoms with E-state index in [-0.39, 0.29) is 17.6 Å². The molecular weight excluding hydrogens is 406 g/mol. The number of aromatic nitrogens is 4. The van der Waals surface area contributed by atoms with Crippen LogP contribution in [0.4, 0.5) is 0 Å². The minimum Gasteiger partial charge on any atom is -0.379 e. The SMILES string of the molecule is CC(C)OCCCNC(=O)c1c2nc3ccccc3nc2n2c1[nH]c(=O)c1ccccc12. The van der Waals surface area contributed by atoms with Crippen molar-refractivity contribution in [2.45, 2.75) is 26.4 Å². The summed E-state index contributed by atoms with van der Waals surface area (Å²) in [5.74, 6) is -0.308. The maximum absolute atomic E-state index is 13.3. The number of amides is 1. The number of hydrogen-bond acceptors (Lipinski definition) is 5. The van der Waals surface area contributed by atoms with Gasteiger partial charge in [0.1, 0.15) is 16.7 Å². The number of carbonyl (C=O) groups excluding carboxylic acids is 1. The third-order valence-corrected chi connectivity index (χ3v) is 5.37. The van der Waals surface area contributed by atoms with Gasteiger partial charge >= 0.3 is 0 Å². The Kier molecular flexibility index (Phi) is 5.07. The second kappa shape index (κ2) is 8.05. The van der Waals surface area contributed by atoms with E-state index in [0.29, 0.717) is 63.9 Å². The number of carbonyl (C=O) groups is 1. The number of para-hydroxylation sites is 3. The number of hydrogen-bond donors (Lipinski definition) is 2. The normalized spacial score (nSPS) is 11.8. The summed E-state index contributed by atoms with van der Waals surface area (Å²) in [4.78, 5) is 38.5. The number of aromatic amines is 1. The highest BCUT2D eigenvalue weighted by atomic mass is 16.5. The molecule has 162 valence electrons. The van der Waals surface area contributed by atoms with Gasteiger partial charge in [0.05, 0.1) is 28.0 Å². The molecule has 3 aromatic heterocycles. The van der Waals surface area contributed by atoms with E-state index < -0.39 is 0 Å². The molecule has 8 nitrogen and oxygen atoms in total. The Hall–Kier alpha value is -3.78. The molecule has 5 rings (SSSR count). The van der Waals surface area contributed by atoms with Crippen molar-refractivity contribution in [1.29, 1.82) is 0 Å². The molecule has 0 saturated heterocycles. The van der Waals surface area contributed by atoms with Crippen molar-refractivity contribution in [2.75, 3.05) is 13.2 Å². The predicted octanol–water partition coefficient (Wildman–Crippen LogP) is 3.42. The molecule has 0 bridgehead atoms. The standard InChI is InChI=1S/C24H23N5O3/c1-14(2)32-13-7-12-25-24(31)19-20-22(27-17-10-5-4-9-16(17)26-20)29-18-11-6-3-8-15(18)23(30)28-21(19)29/h3-6,8-11,14H,7,12-13H2,1-2H3,(H,25,31)(H,28,30). The van der Waals surface area contributed by atoms with Gasteiger partial charge in [0, 0.05) is 13.2 Å². The number of ether oxygens (including phenoxy) is 1. The molecule has 0 radical (unpaired) electrons. The predicted molar refractivity (Wildman–Crippen MR) is 124 cm³/mol. The molecule has 0 atom stereocenters. The summed E-state index contributed by atoms with van der Waals surface area (Å²) in [7, 11) is 0. The van der Waals surface area contributed by atoms with E-state index >= 15 is 0 Å². The van der Waals surface area contributed by atoms with E-state index in [4.69, 9.17) is 14.7 Å². The Labute approximate surface area is 183 Å². The minimum absolute atomic E-state index is 0.145. The van der Waals surface area contributed by atoms with Crippen LogP contribution in [0.25, 0.3) is 38.7 Å². The van der Waals surface area contributed by atoms with Crippen LogP contribution in [-0.4, -0.2) is 44.5 Å². The van der Waals surface area contributed by atoms with Gasteiger partial charge in [-0.15, -0.1) is 0 Å². The van der Waals surface area contributed by atoms with Gasteiger partial charge in [-0.25, -0.2) is 9.97 Å². The number of benzene rings is 2. The summed E-state index contributed by atoms with van der Waals surface area (Å²) in [5.41, 5.74) is 3.48. The van der Waals surface area contributed by atoms with Gasteiger partial charge < -0.3 is 15.0 Å². The molecular formula is C24H23N5O3. The first-order valence-electron chi connectivity index (χ1n) is 10.7. The van der Waals surface area contributed by atoms with E-state index in [1.165, 1.54) is 0 Å². The van der Waals surface area contributed by atoms with Gasteiger partial charge in [-0.2, -0.15) is 0 Å². The molecule has 3 heterocycles. The number of rotatable bonds is 6. The highest BCUT2D eigenvalue weighted by Gasteiger charge is 2.23. The van der Waals surface area contributed by atoms with Gasteiger partial charge in [0.15, 0.2) is 5.65 Å². The summed E-state index contributed by atoms with van der Waals surface area (Å²) in [6.45, 7) is 4.95. The number of nitrogens with zero attached hydrogens (tertiary/aromatic N) is 3. The fraction of sp³-hybridized carbons (Fsp3) is 0.250. The average molecular weight is 429 g/mol. The lowest BCUT2D eigenvalue weighted by Crippen LogP contribution is -2.26. The van der Waals surface area contributed by atoms with Gasteiger partial charge in [-0.05, 0) is 44.5 Å². The summed E-state index contributed by atoms with van der Waals surface area (Å²) in [5, 5.41) is 3.45. The summed E-state index contributed by atoms with van der Waals surface area (Å²) >= 11 is 0. The maximum atomic E-state index is 13.3. The third kappa shape index (κ3) is 3.38. The average Bonchev–Trinajstić information content (AvgIpc) is 3.10. The third-order valence-electron chi connectivity index (χ3n) is 5.37. The number of fused-ring (bicyclic) bond motifs is 6. The molecule has 0 unspecified atom stereocenters. The van der Waals surface area contributed by atoms with Crippen molar-refractivity contribution >= 4 is 44.7 Å². The van der Waals surface area contributed by atoms with Crippen LogP contribution in [0.15, 0.2) is 53.3 Å². The molecule has 2 N–H and O–H groups in total. The van der Waals surface area contributed by atoms with Crippen LogP contribution in [0.2, 0.25) is 0 Å². The van der Waals surface area contributed by atoms with Gasteiger partial charge in [0.2, 0.25) is 0 Å². The Bertz CT molecular complexity index is 1530. The molecule has 8 heteroatoms. The van der Waals surface area contributed by atoms with Crippen LogP contribution in [-0.2, 0) is 4.74 Å². The van der Waals surface area contributed by atoms with Crippen LogP contribution in [0, 0.1) is 0 Å². The van der Waals surface area contributed by atoms with Crippen molar-refractivity contribution in [2.24, 2.45) is 0 Å². The van der Waals surface area contributed by atoms with Crippen LogP contribution in [0.3, 0.4) is 0 Å². The summed E-state index contributed by atoms with van der Waals surface area (Å²) in [6.07, 6.45) is 0.828. The first-order chi connectivity index (χ1) is 15.5. The van der Waals surface area contributed by atoms with Crippen molar-refractivity contribution in [3.8, 4) is 0 Å². The lowest BCUT2D eigenvalue weighted by Gasteiger charge is -2.08. The summed E-state index contributed by atoms with van der Waals surface area (Å²) in [6, 6.07) is 14.8. The molecule has 0 spiro atoms. The zero-order valence-corrected chi connectivity index (χ0v) is 17.9. The Morgan fingerprint density at radius 3 is 2.59 bits per heavy atom.